The topological polar surface area (TPSA) is 87.7 Å². The Labute approximate surface area is 174 Å². The van der Waals surface area contributed by atoms with Gasteiger partial charge in [0, 0.05) is 6.54 Å². The van der Waals surface area contributed by atoms with Gasteiger partial charge in [-0.25, -0.2) is 4.79 Å². The monoisotopic (exact) mass is 403 g/mol. The number of ether oxygens (including phenoxy) is 1. The highest BCUT2D eigenvalue weighted by Crippen LogP contribution is 2.41. The van der Waals surface area contributed by atoms with Crippen LogP contribution in [0.5, 0.6) is 5.75 Å². The molecule has 4 rings (SSSR count). The first-order valence-electron chi connectivity index (χ1n) is 9.80. The number of fused-ring (bicyclic) bond motifs is 1. The van der Waals surface area contributed by atoms with Crippen molar-refractivity contribution < 1.29 is 19.1 Å². The summed E-state index contributed by atoms with van der Waals surface area (Å²) >= 11 is 0. The van der Waals surface area contributed by atoms with Crippen LogP contribution >= 0.6 is 0 Å². The lowest BCUT2D eigenvalue weighted by atomic mass is 10.0. The van der Waals surface area contributed by atoms with Crippen LogP contribution in [0.3, 0.4) is 0 Å². The number of nitrogens with one attached hydrogen (secondary N) is 2. The summed E-state index contributed by atoms with van der Waals surface area (Å²) in [5.41, 5.74) is 2.96. The van der Waals surface area contributed by atoms with Gasteiger partial charge in [-0.2, -0.15) is 0 Å². The molecule has 30 heavy (non-hydrogen) atoms. The van der Waals surface area contributed by atoms with Crippen molar-refractivity contribution in [3.05, 3.63) is 72.1 Å². The normalized spacial score (nSPS) is 16.8. The molecule has 2 N–H and O–H groups in total. The molecule has 0 atom stereocenters. The number of amides is 4. The Hall–Kier alpha value is -3.87. The van der Waals surface area contributed by atoms with E-state index < -0.39 is 17.8 Å². The van der Waals surface area contributed by atoms with Gasteiger partial charge in [0.1, 0.15) is 5.57 Å². The molecule has 2 heterocycles. The number of carbonyl (C=O) groups excluding carboxylic acids is 3. The number of hydrogen-bond acceptors (Lipinski definition) is 5. The fraction of sp³-hybridized carbons (Fsp3) is 0.174. The Morgan fingerprint density at radius 3 is 2.37 bits per heavy atom. The number of urea groups is 1. The molecule has 7 heteroatoms. The Bertz CT molecular complexity index is 1050. The fourth-order valence-corrected chi connectivity index (χ4v) is 3.36. The summed E-state index contributed by atoms with van der Waals surface area (Å²) in [7, 11) is 0. The van der Waals surface area contributed by atoms with Gasteiger partial charge in [-0.05, 0) is 41.8 Å². The Morgan fingerprint density at radius 1 is 0.933 bits per heavy atom. The van der Waals surface area contributed by atoms with Crippen LogP contribution in [0.1, 0.15) is 19.8 Å². The largest absolute Gasteiger partial charge is 0.439 e. The maximum Gasteiger partial charge on any atom is 0.328 e. The van der Waals surface area contributed by atoms with Crippen LogP contribution in [-0.4, -0.2) is 24.4 Å². The van der Waals surface area contributed by atoms with Crippen LogP contribution in [0, 0.1) is 0 Å². The number of rotatable bonds is 5. The van der Waals surface area contributed by atoms with Crippen LogP contribution in [-0.2, 0) is 9.59 Å². The lowest BCUT2D eigenvalue weighted by Crippen LogP contribution is -2.51. The van der Waals surface area contributed by atoms with E-state index in [9.17, 15) is 14.4 Å². The first-order valence-corrected chi connectivity index (χ1v) is 9.80. The average Bonchev–Trinajstić information content (AvgIpc) is 3.08. The summed E-state index contributed by atoms with van der Waals surface area (Å²) in [5.74, 6) is -0.234. The molecule has 0 spiro atoms. The van der Waals surface area contributed by atoms with Crippen molar-refractivity contribution in [2.45, 2.75) is 19.8 Å². The number of imide groups is 2. The molecule has 1 saturated heterocycles. The van der Waals surface area contributed by atoms with E-state index in [1.54, 1.807) is 6.08 Å². The highest BCUT2D eigenvalue weighted by atomic mass is 16.5. The molecule has 4 amide bonds. The van der Waals surface area contributed by atoms with Crippen LogP contribution in [0.2, 0.25) is 0 Å². The van der Waals surface area contributed by atoms with Gasteiger partial charge >= 0.3 is 6.03 Å². The predicted octanol–water partition coefficient (Wildman–Crippen LogP) is 3.49. The van der Waals surface area contributed by atoms with Crippen molar-refractivity contribution >= 4 is 23.5 Å². The van der Waals surface area contributed by atoms with Crippen LogP contribution in [0.15, 0.2) is 72.1 Å². The Balaban J connectivity index is 1.67. The molecule has 0 bridgehead atoms. The number of allylic oxidation sites excluding steroid dienone is 2. The molecule has 0 aliphatic carbocycles. The molecule has 0 unspecified atom stereocenters. The lowest BCUT2D eigenvalue weighted by Gasteiger charge is -2.18. The molecule has 2 aromatic rings. The van der Waals surface area contributed by atoms with Gasteiger partial charge in [0.2, 0.25) is 5.88 Å². The molecule has 7 nitrogen and oxygen atoms in total. The highest BCUT2D eigenvalue weighted by Gasteiger charge is 2.29. The second-order valence-corrected chi connectivity index (χ2v) is 6.98. The molecular formula is C23H21N3O4. The van der Waals surface area contributed by atoms with Gasteiger partial charge in [-0.3, -0.25) is 20.2 Å². The van der Waals surface area contributed by atoms with Crippen LogP contribution < -0.4 is 20.3 Å². The first-order chi connectivity index (χ1) is 14.6. The number of benzene rings is 2. The minimum Gasteiger partial charge on any atom is -0.439 e. The maximum atomic E-state index is 11.9. The van der Waals surface area contributed by atoms with E-state index in [0.29, 0.717) is 11.6 Å². The van der Waals surface area contributed by atoms with Crippen LogP contribution in [0.4, 0.5) is 10.5 Å². The van der Waals surface area contributed by atoms with Gasteiger partial charge in [0.05, 0.1) is 5.69 Å². The highest BCUT2D eigenvalue weighted by molar-refractivity contribution is 6.29. The van der Waals surface area contributed by atoms with Crippen molar-refractivity contribution in [3.63, 3.8) is 0 Å². The molecule has 1 fully saturated rings. The van der Waals surface area contributed by atoms with Crippen LogP contribution in [0.25, 0.3) is 11.1 Å². The number of nitrogens with zero attached hydrogens (tertiary/aromatic N) is 1. The number of barbiturate groups is 1. The molecule has 2 aliphatic rings. The van der Waals surface area contributed by atoms with E-state index in [0.717, 1.165) is 36.2 Å². The van der Waals surface area contributed by atoms with Crippen molar-refractivity contribution in [1.82, 2.24) is 10.6 Å². The van der Waals surface area contributed by atoms with Crippen molar-refractivity contribution in [1.29, 1.82) is 0 Å². The zero-order valence-corrected chi connectivity index (χ0v) is 16.5. The van der Waals surface area contributed by atoms with E-state index in [1.807, 2.05) is 35.2 Å². The summed E-state index contributed by atoms with van der Waals surface area (Å²) in [6.07, 6.45) is 4.91. The Kier molecular flexibility index (Phi) is 5.34. The smallest absolute Gasteiger partial charge is 0.328 e. The van der Waals surface area contributed by atoms with E-state index in [-0.39, 0.29) is 5.57 Å². The first kappa shape index (κ1) is 19.4. The third kappa shape index (κ3) is 3.82. The van der Waals surface area contributed by atoms with E-state index in [4.69, 9.17) is 4.74 Å². The number of hydrogen-bond donors (Lipinski definition) is 2. The standard InChI is InChI=1S/C23H21N3O4/c1-2-3-13-26-18-14-16(15-7-5-4-6-8-15)9-11-19(18)30-20(26)12-10-17-21(27)24-23(29)25-22(17)28/h4-12,14H,2-3,13H2,1H3,(H2,24,25,27,28,29)/b20-12-. The predicted molar refractivity (Wildman–Crippen MR) is 113 cm³/mol. The van der Waals surface area contributed by atoms with Gasteiger partial charge in [-0.15, -0.1) is 0 Å². The third-order valence-electron chi connectivity index (χ3n) is 4.91. The maximum absolute atomic E-state index is 11.9. The van der Waals surface area contributed by atoms with Gasteiger partial charge in [0.25, 0.3) is 11.8 Å². The zero-order chi connectivity index (χ0) is 21.1. The second-order valence-electron chi connectivity index (χ2n) is 6.98. The van der Waals surface area contributed by atoms with Gasteiger partial charge < -0.3 is 9.64 Å². The van der Waals surface area contributed by atoms with E-state index in [1.165, 1.54) is 6.08 Å². The van der Waals surface area contributed by atoms with E-state index in [2.05, 4.69) is 35.8 Å². The molecular weight excluding hydrogens is 382 g/mol. The molecule has 0 aromatic heterocycles. The van der Waals surface area contributed by atoms with Crippen molar-refractivity contribution in [3.8, 4) is 16.9 Å². The quantitative estimate of drug-likeness (QED) is 0.589. The summed E-state index contributed by atoms with van der Waals surface area (Å²) in [6.45, 7) is 2.84. The number of unbranched alkanes of at least 4 members (excludes halogenated alkanes) is 1. The second kappa shape index (κ2) is 8.24. The number of carbonyl (C=O) groups is 3. The lowest BCUT2D eigenvalue weighted by molar-refractivity contribution is -0.124. The summed E-state index contributed by atoms with van der Waals surface area (Å²) < 4.78 is 6.00. The fourth-order valence-electron chi connectivity index (χ4n) is 3.36. The minimum absolute atomic E-state index is 0.151. The van der Waals surface area contributed by atoms with Crippen molar-refractivity contribution in [2.24, 2.45) is 0 Å². The average molecular weight is 403 g/mol. The Morgan fingerprint density at radius 2 is 1.67 bits per heavy atom. The summed E-state index contributed by atoms with van der Waals surface area (Å²) in [6, 6.07) is 15.3. The molecule has 0 radical (unpaired) electrons. The SMILES string of the molecule is CCCCN1/C(=C/C=C2C(=O)NC(=O)NC2=O)Oc2ccc(-c3ccccc3)cc21. The van der Waals surface area contributed by atoms with Crippen molar-refractivity contribution in [2.75, 3.05) is 11.4 Å². The van der Waals surface area contributed by atoms with Gasteiger partial charge in [0.15, 0.2) is 5.75 Å². The third-order valence-corrected chi connectivity index (χ3v) is 4.91. The van der Waals surface area contributed by atoms with Gasteiger partial charge in [-0.1, -0.05) is 49.7 Å². The summed E-state index contributed by atoms with van der Waals surface area (Å²) in [5, 5.41) is 4.12. The molecule has 152 valence electrons. The van der Waals surface area contributed by atoms with E-state index >= 15 is 0 Å². The molecule has 0 saturated carbocycles. The number of anilines is 1. The summed E-state index contributed by atoms with van der Waals surface area (Å²) in [4.78, 5) is 37.1. The zero-order valence-electron chi connectivity index (χ0n) is 16.5. The molecule has 2 aromatic carbocycles. The minimum atomic E-state index is -0.822. The molecule has 2 aliphatic heterocycles.